The van der Waals surface area contributed by atoms with E-state index >= 15 is 0 Å². The third-order valence-corrected chi connectivity index (χ3v) is 6.79. The maximum atomic E-state index is 11.6. The Hall–Kier alpha value is -3.82. The molecular formula is C27H27N5O4. The van der Waals surface area contributed by atoms with Crippen LogP contribution in [0.3, 0.4) is 0 Å². The molecule has 1 spiro atoms. The number of carbonyl (C=O) groups is 1. The Balaban J connectivity index is 1.50. The number of nitrogens with one attached hydrogen (secondary N) is 1. The van der Waals surface area contributed by atoms with Gasteiger partial charge in [0.15, 0.2) is 0 Å². The van der Waals surface area contributed by atoms with Crippen LogP contribution in [0.5, 0.6) is 5.75 Å². The number of carbonyl (C=O) groups excluding carboxylic acids is 1. The van der Waals surface area contributed by atoms with Gasteiger partial charge in [0.25, 0.3) is 0 Å². The fraction of sp³-hybridized carbons (Fsp3) is 0.333. The van der Waals surface area contributed by atoms with E-state index < -0.39 is 5.60 Å². The number of hydrogen-bond donors (Lipinski definition) is 1. The van der Waals surface area contributed by atoms with Crippen molar-refractivity contribution < 1.29 is 19.0 Å². The van der Waals surface area contributed by atoms with E-state index in [2.05, 4.69) is 15.3 Å². The summed E-state index contributed by atoms with van der Waals surface area (Å²) in [6, 6.07) is 9.68. The molecule has 0 radical (unpaired) electrons. The summed E-state index contributed by atoms with van der Waals surface area (Å²) in [6.07, 6.45) is 7.02. The van der Waals surface area contributed by atoms with Crippen LogP contribution in [0.15, 0.2) is 48.9 Å². The molecular weight excluding hydrogens is 458 g/mol. The molecule has 1 N–H and O–H groups in total. The highest BCUT2D eigenvalue weighted by atomic mass is 16.6. The van der Waals surface area contributed by atoms with E-state index in [9.17, 15) is 4.79 Å². The lowest BCUT2D eigenvalue weighted by atomic mass is 9.89. The molecule has 9 heteroatoms. The van der Waals surface area contributed by atoms with Crippen LogP contribution >= 0.6 is 0 Å². The van der Waals surface area contributed by atoms with Crippen molar-refractivity contribution in [1.82, 2.24) is 19.5 Å². The highest BCUT2D eigenvalue weighted by molar-refractivity contribution is 5.98. The number of hydrogen-bond acceptors (Lipinski definition) is 7. The van der Waals surface area contributed by atoms with E-state index in [0.29, 0.717) is 38.7 Å². The van der Waals surface area contributed by atoms with E-state index in [-0.39, 0.29) is 5.91 Å². The van der Waals surface area contributed by atoms with E-state index in [4.69, 9.17) is 19.2 Å². The fourth-order valence-corrected chi connectivity index (χ4v) is 5.06. The van der Waals surface area contributed by atoms with Gasteiger partial charge in [-0.1, -0.05) is 6.07 Å². The Labute approximate surface area is 208 Å². The Morgan fingerprint density at radius 3 is 2.94 bits per heavy atom. The molecule has 9 nitrogen and oxygen atoms in total. The Bertz CT molecular complexity index is 1440. The number of aromatic nitrogens is 4. The van der Waals surface area contributed by atoms with Crippen molar-refractivity contribution in [2.75, 3.05) is 25.1 Å². The summed E-state index contributed by atoms with van der Waals surface area (Å²) in [4.78, 5) is 25.6. The topological polar surface area (TPSA) is 100 Å². The maximum Gasteiger partial charge on any atom is 0.222 e. The van der Waals surface area contributed by atoms with E-state index in [0.717, 1.165) is 51.3 Å². The summed E-state index contributed by atoms with van der Waals surface area (Å²) in [5.74, 6) is 1.11. The highest BCUT2D eigenvalue weighted by Gasteiger charge is 2.44. The maximum absolute atomic E-state index is 11.6. The zero-order valence-corrected chi connectivity index (χ0v) is 20.3. The van der Waals surface area contributed by atoms with Gasteiger partial charge in [-0.05, 0) is 18.2 Å². The van der Waals surface area contributed by atoms with Crippen LogP contribution in [-0.4, -0.2) is 45.2 Å². The van der Waals surface area contributed by atoms with Gasteiger partial charge in [-0.2, -0.15) is 0 Å². The van der Waals surface area contributed by atoms with Crippen LogP contribution in [-0.2, 0) is 39.9 Å². The first-order chi connectivity index (χ1) is 17.5. The lowest BCUT2D eigenvalue weighted by Crippen LogP contribution is -2.37. The lowest BCUT2D eigenvalue weighted by Gasteiger charge is -2.34. The van der Waals surface area contributed by atoms with Gasteiger partial charge in [-0.15, -0.1) is 0 Å². The van der Waals surface area contributed by atoms with Crippen LogP contribution in [0.1, 0.15) is 30.3 Å². The molecule has 2 aliphatic heterocycles. The Kier molecular flexibility index (Phi) is 5.66. The van der Waals surface area contributed by atoms with Gasteiger partial charge >= 0.3 is 0 Å². The third kappa shape index (κ3) is 4.00. The summed E-state index contributed by atoms with van der Waals surface area (Å²) >= 11 is 0. The van der Waals surface area contributed by atoms with Crippen LogP contribution in [0, 0.1) is 0 Å². The Morgan fingerprint density at radius 1 is 1.25 bits per heavy atom. The molecule has 1 fully saturated rings. The van der Waals surface area contributed by atoms with Crippen molar-refractivity contribution in [3.63, 3.8) is 0 Å². The molecule has 4 aromatic heterocycles. The quantitative estimate of drug-likeness (QED) is 0.459. The first-order valence-electron chi connectivity index (χ1n) is 12.0. The number of fused-ring (bicyclic) bond motifs is 3. The van der Waals surface area contributed by atoms with Gasteiger partial charge in [-0.3, -0.25) is 9.78 Å². The number of amides is 1. The minimum absolute atomic E-state index is 0.170. The van der Waals surface area contributed by atoms with Crippen LogP contribution in [0.4, 0.5) is 5.82 Å². The van der Waals surface area contributed by atoms with Crippen molar-refractivity contribution in [3.8, 4) is 17.0 Å². The summed E-state index contributed by atoms with van der Waals surface area (Å²) in [7, 11) is 1.97. The van der Waals surface area contributed by atoms with Crippen molar-refractivity contribution in [2.24, 2.45) is 7.05 Å². The lowest BCUT2D eigenvalue weighted by molar-refractivity contribution is -0.114. The zero-order valence-electron chi connectivity index (χ0n) is 20.3. The molecule has 36 heavy (non-hydrogen) atoms. The van der Waals surface area contributed by atoms with E-state index in [1.807, 2.05) is 48.1 Å². The second-order valence-electron chi connectivity index (χ2n) is 9.26. The second kappa shape index (κ2) is 9.00. The minimum atomic E-state index is -0.569. The summed E-state index contributed by atoms with van der Waals surface area (Å²) < 4.78 is 20.5. The van der Waals surface area contributed by atoms with E-state index in [1.165, 1.54) is 6.92 Å². The number of pyridine rings is 3. The van der Waals surface area contributed by atoms with Gasteiger partial charge < -0.3 is 24.1 Å². The Morgan fingerprint density at radius 2 is 2.17 bits per heavy atom. The van der Waals surface area contributed by atoms with Crippen LogP contribution < -0.4 is 10.1 Å². The number of ether oxygens (including phenoxy) is 3. The average Bonchev–Trinajstić information content (AvgIpc) is 3.48. The molecule has 1 amide bonds. The minimum Gasteiger partial charge on any atom is -0.487 e. The summed E-state index contributed by atoms with van der Waals surface area (Å²) in [5, 5.41) is 3.71. The number of nitrogens with zero attached hydrogens (tertiary/aromatic N) is 4. The largest absolute Gasteiger partial charge is 0.487 e. The number of rotatable bonds is 5. The van der Waals surface area contributed by atoms with Gasteiger partial charge in [0.05, 0.1) is 42.0 Å². The first kappa shape index (κ1) is 22.6. The van der Waals surface area contributed by atoms with Crippen molar-refractivity contribution in [2.45, 2.75) is 32.0 Å². The van der Waals surface area contributed by atoms with E-state index in [1.54, 1.807) is 12.4 Å². The fourth-order valence-electron chi connectivity index (χ4n) is 5.06. The molecule has 1 saturated heterocycles. The van der Waals surface area contributed by atoms with Crippen molar-refractivity contribution in [1.29, 1.82) is 0 Å². The standard InChI is InChI=1S/C27H27N5O4/c1-17(33)30-25-11-20-21(14-32(2)23(20)13-29-25)22-12-24(35-15-18-5-3-4-8-28-18)19-6-9-36-27(26(19)31-22)7-10-34-16-27/h3-5,8,11-14H,6-7,9-10,15-16H2,1-2H3,(H,29,30,33). The monoisotopic (exact) mass is 485 g/mol. The van der Waals surface area contributed by atoms with Crippen molar-refractivity contribution >= 4 is 22.6 Å². The SMILES string of the molecule is CC(=O)Nc1cc2c(-c3cc(OCc4ccccn4)c4c(n3)C3(CCOC3)OCC4)cn(C)c2cn1. The van der Waals surface area contributed by atoms with Gasteiger partial charge in [0.1, 0.15) is 23.8 Å². The van der Waals surface area contributed by atoms with Crippen molar-refractivity contribution in [3.05, 3.63) is 65.9 Å². The molecule has 4 aromatic rings. The molecule has 1 unspecified atom stereocenters. The predicted molar refractivity (Wildman–Crippen MR) is 134 cm³/mol. The number of anilines is 1. The molecule has 0 aromatic carbocycles. The summed E-state index contributed by atoms with van der Waals surface area (Å²) in [5.41, 5.74) is 4.86. The molecule has 1 atom stereocenters. The van der Waals surface area contributed by atoms with Gasteiger partial charge in [-0.25, -0.2) is 9.97 Å². The van der Waals surface area contributed by atoms with Gasteiger partial charge in [0, 0.05) is 68.4 Å². The molecule has 0 aliphatic carbocycles. The van der Waals surface area contributed by atoms with Crippen LogP contribution in [0.2, 0.25) is 0 Å². The molecule has 0 bridgehead atoms. The average molecular weight is 486 g/mol. The molecule has 6 heterocycles. The highest BCUT2D eigenvalue weighted by Crippen LogP contribution is 2.44. The zero-order chi connectivity index (χ0) is 24.7. The normalized spacial score (nSPS) is 18.9. The number of aryl methyl sites for hydroxylation is 1. The molecule has 6 rings (SSSR count). The smallest absolute Gasteiger partial charge is 0.222 e. The van der Waals surface area contributed by atoms with Crippen LogP contribution in [0.25, 0.3) is 22.2 Å². The first-order valence-corrected chi connectivity index (χ1v) is 12.0. The summed E-state index contributed by atoms with van der Waals surface area (Å²) in [6.45, 7) is 3.53. The molecule has 0 saturated carbocycles. The molecule has 184 valence electrons. The predicted octanol–water partition coefficient (Wildman–Crippen LogP) is 3.76. The second-order valence-corrected chi connectivity index (χ2v) is 9.26. The molecule has 2 aliphatic rings. The third-order valence-electron chi connectivity index (χ3n) is 6.79. The van der Waals surface area contributed by atoms with Gasteiger partial charge in [0.2, 0.25) is 5.91 Å².